The molecule has 5 heteroatoms. The Bertz CT molecular complexity index is 629. The van der Waals surface area contributed by atoms with Gasteiger partial charge in [0.2, 0.25) is 5.88 Å². The molecule has 0 aliphatic rings. The molecule has 0 saturated heterocycles. The van der Waals surface area contributed by atoms with E-state index in [1.54, 1.807) is 37.4 Å². The molecule has 1 N–H and O–H groups in total. The van der Waals surface area contributed by atoms with Crippen LogP contribution in [0.5, 0.6) is 5.88 Å². The van der Waals surface area contributed by atoms with Crippen molar-refractivity contribution in [2.45, 2.75) is 13.8 Å². The summed E-state index contributed by atoms with van der Waals surface area (Å²) in [6, 6.07) is 8.02. The van der Waals surface area contributed by atoms with Crippen LogP contribution in [-0.4, -0.2) is 17.5 Å². The van der Waals surface area contributed by atoms with Gasteiger partial charge < -0.3 is 10.1 Å². The summed E-state index contributed by atoms with van der Waals surface area (Å²) in [7, 11) is 0. The van der Waals surface area contributed by atoms with Crippen LogP contribution in [0.3, 0.4) is 0 Å². The lowest BCUT2D eigenvalue weighted by Gasteiger charge is -2.10. The third-order valence-corrected chi connectivity index (χ3v) is 2.74. The number of pyridine rings is 1. The fraction of sp³-hybridized carbons (Fsp3) is 0.200. The van der Waals surface area contributed by atoms with E-state index in [4.69, 9.17) is 4.74 Å². The lowest BCUT2D eigenvalue weighted by molar-refractivity contribution is 0.102. The lowest BCUT2D eigenvalue weighted by atomic mass is 10.1. The van der Waals surface area contributed by atoms with E-state index < -0.39 is 11.7 Å². The van der Waals surface area contributed by atoms with Gasteiger partial charge in [0.25, 0.3) is 5.91 Å². The van der Waals surface area contributed by atoms with Crippen LogP contribution in [0.2, 0.25) is 0 Å². The maximum absolute atomic E-state index is 13.9. The second-order valence-corrected chi connectivity index (χ2v) is 4.18. The second kappa shape index (κ2) is 6.14. The van der Waals surface area contributed by atoms with Gasteiger partial charge in [0, 0.05) is 6.20 Å². The number of aromatic nitrogens is 1. The zero-order chi connectivity index (χ0) is 14.5. The molecule has 104 valence electrons. The maximum Gasteiger partial charge on any atom is 0.258 e. The van der Waals surface area contributed by atoms with Gasteiger partial charge in [0.15, 0.2) is 0 Å². The normalized spacial score (nSPS) is 10.2. The standard InChI is InChI=1S/C15H15FN2O2/c1-3-20-15-12(8-5-9-17-15)18-14(19)11-7-4-6-10(2)13(11)16/h4-9H,3H2,1-2H3,(H,18,19). The minimum absolute atomic E-state index is 0.00342. The van der Waals surface area contributed by atoms with Gasteiger partial charge in [0.1, 0.15) is 11.5 Å². The van der Waals surface area contributed by atoms with Gasteiger partial charge in [0.05, 0.1) is 12.2 Å². The topological polar surface area (TPSA) is 51.2 Å². The van der Waals surface area contributed by atoms with Crippen molar-refractivity contribution >= 4 is 11.6 Å². The van der Waals surface area contributed by atoms with Gasteiger partial charge in [-0.15, -0.1) is 0 Å². The van der Waals surface area contributed by atoms with Crippen molar-refractivity contribution in [1.29, 1.82) is 0 Å². The average molecular weight is 274 g/mol. The molecular weight excluding hydrogens is 259 g/mol. The Morgan fingerprint density at radius 2 is 2.15 bits per heavy atom. The van der Waals surface area contributed by atoms with Crippen LogP contribution >= 0.6 is 0 Å². The number of carbonyl (C=O) groups excluding carboxylic acids is 1. The summed E-state index contributed by atoms with van der Waals surface area (Å²) in [5.41, 5.74) is 0.838. The van der Waals surface area contributed by atoms with E-state index in [2.05, 4.69) is 10.3 Å². The largest absolute Gasteiger partial charge is 0.476 e. The molecule has 0 atom stereocenters. The molecule has 1 heterocycles. The Morgan fingerprint density at radius 1 is 1.35 bits per heavy atom. The second-order valence-electron chi connectivity index (χ2n) is 4.18. The number of ether oxygens (including phenoxy) is 1. The summed E-state index contributed by atoms with van der Waals surface area (Å²) in [6.45, 7) is 3.86. The number of rotatable bonds is 4. The molecule has 20 heavy (non-hydrogen) atoms. The number of aryl methyl sites for hydroxylation is 1. The van der Waals surface area contributed by atoms with Crippen LogP contribution < -0.4 is 10.1 Å². The van der Waals surface area contributed by atoms with E-state index in [-0.39, 0.29) is 5.56 Å². The van der Waals surface area contributed by atoms with E-state index >= 15 is 0 Å². The van der Waals surface area contributed by atoms with Crippen molar-refractivity contribution in [3.63, 3.8) is 0 Å². The molecule has 0 bridgehead atoms. The van der Waals surface area contributed by atoms with Crippen molar-refractivity contribution in [1.82, 2.24) is 4.98 Å². The van der Waals surface area contributed by atoms with Crippen molar-refractivity contribution in [2.24, 2.45) is 0 Å². The van der Waals surface area contributed by atoms with Crippen LogP contribution in [0.4, 0.5) is 10.1 Å². The fourth-order valence-corrected chi connectivity index (χ4v) is 1.75. The molecule has 1 amide bonds. The van der Waals surface area contributed by atoms with Crippen LogP contribution in [0.15, 0.2) is 36.5 Å². The highest BCUT2D eigenvalue weighted by atomic mass is 19.1. The molecule has 0 aliphatic heterocycles. The Hall–Kier alpha value is -2.43. The summed E-state index contributed by atoms with van der Waals surface area (Å²) in [6.07, 6.45) is 1.56. The summed E-state index contributed by atoms with van der Waals surface area (Å²) < 4.78 is 19.2. The molecule has 0 saturated carbocycles. The summed E-state index contributed by atoms with van der Waals surface area (Å²) in [5.74, 6) is -0.733. The molecule has 1 aromatic heterocycles. The van der Waals surface area contributed by atoms with Crippen molar-refractivity contribution in [2.75, 3.05) is 11.9 Å². The van der Waals surface area contributed by atoms with Gasteiger partial charge in [-0.3, -0.25) is 4.79 Å². The smallest absolute Gasteiger partial charge is 0.258 e. The number of halogens is 1. The zero-order valence-corrected chi connectivity index (χ0v) is 11.3. The minimum Gasteiger partial charge on any atom is -0.476 e. The lowest BCUT2D eigenvalue weighted by Crippen LogP contribution is -2.15. The first-order valence-corrected chi connectivity index (χ1v) is 6.27. The van der Waals surface area contributed by atoms with Gasteiger partial charge in [-0.2, -0.15) is 0 Å². The molecule has 0 radical (unpaired) electrons. The molecular formula is C15H15FN2O2. The number of amides is 1. The number of benzene rings is 1. The highest BCUT2D eigenvalue weighted by molar-refractivity contribution is 6.05. The third-order valence-electron chi connectivity index (χ3n) is 2.74. The maximum atomic E-state index is 13.9. The summed E-state index contributed by atoms with van der Waals surface area (Å²) >= 11 is 0. The molecule has 0 unspecified atom stereocenters. The molecule has 4 nitrogen and oxygen atoms in total. The Labute approximate surface area is 116 Å². The molecule has 0 aliphatic carbocycles. The highest BCUT2D eigenvalue weighted by Gasteiger charge is 2.15. The number of hydrogen-bond donors (Lipinski definition) is 1. The van der Waals surface area contributed by atoms with Gasteiger partial charge in [-0.1, -0.05) is 12.1 Å². The number of nitrogens with zero attached hydrogens (tertiary/aromatic N) is 1. The molecule has 1 aromatic carbocycles. The highest BCUT2D eigenvalue weighted by Crippen LogP contribution is 2.22. The van der Waals surface area contributed by atoms with E-state index in [0.717, 1.165) is 0 Å². The van der Waals surface area contributed by atoms with Crippen LogP contribution in [0.1, 0.15) is 22.8 Å². The van der Waals surface area contributed by atoms with Crippen LogP contribution in [-0.2, 0) is 0 Å². The summed E-state index contributed by atoms with van der Waals surface area (Å²) in [5, 5.41) is 2.61. The van der Waals surface area contributed by atoms with Gasteiger partial charge >= 0.3 is 0 Å². The quantitative estimate of drug-likeness (QED) is 0.931. The Kier molecular flexibility index (Phi) is 4.30. The molecule has 2 rings (SSSR count). The average Bonchev–Trinajstić information content (AvgIpc) is 2.44. The number of hydrogen-bond acceptors (Lipinski definition) is 3. The number of nitrogens with one attached hydrogen (secondary N) is 1. The SMILES string of the molecule is CCOc1ncccc1NC(=O)c1cccc(C)c1F. The van der Waals surface area contributed by atoms with Gasteiger partial charge in [-0.05, 0) is 37.6 Å². The third kappa shape index (κ3) is 2.93. The van der Waals surface area contributed by atoms with E-state index in [1.165, 1.54) is 6.07 Å². The van der Waals surface area contributed by atoms with E-state index in [9.17, 15) is 9.18 Å². The van der Waals surface area contributed by atoms with E-state index in [1.807, 2.05) is 6.92 Å². The first-order chi connectivity index (χ1) is 9.63. The number of carbonyl (C=O) groups is 1. The Morgan fingerprint density at radius 3 is 2.90 bits per heavy atom. The van der Waals surface area contributed by atoms with Crippen molar-refractivity contribution in [3.05, 3.63) is 53.5 Å². The molecule has 0 spiro atoms. The van der Waals surface area contributed by atoms with Crippen molar-refractivity contribution in [3.8, 4) is 5.88 Å². The predicted octanol–water partition coefficient (Wildman–Crippen LogP) is 3.18. The number of anilines is 1. The predicted molar refractivity (Wildman–Crippen MR) is 74.5 cm³/mol. The summed E-state index contributed by atoms with van der Waals surface area (Å²) in [4.78, 5) is 16.1. The van der Waals surface area contributed by atoms with Crippen LogP contribution in [0, 0.1) is 12.7 Å². The molecule has 0 fully saturated rings. The van der Waals surface area contributed by atoms with Crippen LogP contribution in [0.25, 0.3) is 0 Å². The monoisotopic (exact) mass is 274 g/mol. The zero-order valence-electron chi connectivity index (χ0n) is 11.3. The first-order valence-electron chi connectivity index (χ1n) is 6.27. The van der Waals surface area contributed by atoms with Crippen molar-refractivity contribution < 1.29 is 13.9 Å². The van der Waals surface area contributed by atoms with E-state index in [0.29, 0.717) is 23.7 Å². The minimum atomic E-state index is -0.528. The Balaban J connectivity index is 2.26. The molecule has 2 aromatic rings. The first kappa shape index (κ1) is 14.0. The van der Waals surface area contributed by atoms with Gasteiger partial charge in [-0.25, -0.2) is 9.37 Å². The fourth-order valence-electron chi connectivity index (χ4n) is 1.75.